The number of aryl methyl sites for hydroxylation is 1. The second-order valence-corrected chi connectivity index (χ2v) is 11.7. The van der Waals surface area contributed by atoms with Gasteiger partial charge in [0.1, 0.15) is 33.5 Å². The van der Waals surface area contributed by atoms with Gasteiger partial charge >= 0.3 is 0 Å². The van der Waals surface area contributed by atoms with Crippen molar-refractivity contribution in [2.45, 2.75) is 18.7 Å². The van der Waals surface area contributed by atoms with E-state index >= 15 is 0 Å². The molecule has 0 radical (unpaired) electrons. The zero-order valence-corrected chi connectivity index (χ0v) is 24.3. The molecule has 0 aliphatic rings. The van der Waals surface area contributed by atoms with E-state index in [0.29, 0.717) is 16.5 Å². The van der Waals surface area contributed by atoms with Crippen LogP contribution in [0.1, 0.15) is 12.5 Å². The molecule has 5 aromatic carbocycles. The van der Waals surface area contributed by atoms with Crippen LogP contribution in [-0.2, 0) is 9.84 Å². The van der Waals surface area contributed by atoms with E-state index in [1.165, 1.54) is 20.1 Å². The van der Waals surface area contributed by atoms with Gasteiger partial charge in [-0.2, -0.15) is 5.11 Å². The van der Waals surface area contributed by atoms with E-state index in [4.69, 9.17) is 4.74 Å². The van der Waals surface area contributed by atoms with E-state index in [1.807, 2.05) is 37.3 Å². The number of benzene rings is 5. The first-order valence-corrected chi connectivity index (χ1v) is 14.8. The summed E-state index contributed by atoms with van der Waals surface area (Å²) in [6, 6.07) is 21.2. The topological polar surface area (TPSA) is 145 Å². The molecule has 0 saturated heterocycles. The number of phenols is 2. The molecular weight excluding hydrogens is 554 g/mol. The number of hydrogen-bond donors (Lipinski definition) is 3. The number of rotatable bonds is 8. The number of aromatic hydroxyl groups is 2. The van der Waals surface area contributed by atoms with E-state index in [1.54, 1.807) is 31.3 Å². The van der Waals surface area contributed by atoms with Gasteiger partial charge in [0.25, 0.3) is 0 Å². The number of hydrogen-bond acceptors (Lipinski definition) is 10. The molecule has 42 heavy (non-hydrogen) atoms. The number of fused-ring (bicyclic) bond motifs is 2. The van der Waals surface area contributed by atoms with Gasteiger partial charge in [0.05, 0.1) is 24.2 Å². The van der Waals surface area contributed by atoms with Gasteiger partial charge in [-0.15, -0.1) is 15.3 Å². The summed E-state index contributed by atoms with van der Waals surface area (Å²) >= 11 is 0. The molecule has 0 heterocycles. The number of sulfone groups is 1. The van der Waals surface area contributed by atoms with E-state index in [2.05, 4.69) is 31.8 Å². The second kappa shape index (κ2) is 11.5. The molecule has 5 aromatic rings. The minimum absolute atomic E-state index is 0.0211. The van der Waals surface area contributed by atoms with Crippen LogP contribution in [0, 0.1) is 6.92 Å². The maximum Gasteiger partial charge on any atom is 0.181 e. The van der Waals surface area contributed by atoms with Gasteiger partial charge in [-0.1, -0.05) is 37.3 Å². The van der Waals surface area contributed by atoms with Crippen LogP contribution in [0.25, 0.3) is 21.5 Å². The van der Waals surface area contributed by atoms with E-state index in [9.17, 15) is 18.6 Å². The van der Waals surface area contributed by atoms with Crippen molar-refractivity contribution in [3.8, 4) is 17.2 Å². The summed E-state index contributed by atoms with van der Waals surface area (Å²) in [7, 11) is -0.537. The molecule has 0 unspecified atom stereocenters. The first kappa shape index (κ1) is 28.5. The van der Waals surface area contributed by atoms with Crippen LogP contribution >= 0.6 is 0 Å². The maximum atomic E-state index is 12.4. The lowest BCUT2D eigenvalue weighted by atomic mass is 10.0. The van der Waals surface area contributed by atoms with E-state index < -0.39 is 15.6 Å². The molecule has 214 valence electrons. The third kappa shape index (κ3) is 5.21. The molecule has 10 nitrogen and oxygen atoms in total. The number of phenolic OH excluding ortho intramolecular Hbond substituents is 2. The number of azo groups is 2. The Hall–Kier alpha value is -5.03. The third-order valence-electron chi connectivity index (χ3n) is 7.06. The predicted octanol–water partition coefficient (Wildman–Crippen LogP) is 8.39. The molecule has 0 aromatic heterocycles. The van der Waals surface area contributed by atoms with Crippen LogP contribution in [0.2, 0.25) is 0 Å². The van der Waals surface area contributed by atoms with E-state index in [0.717, 1.165) is 33.8 Å². The van der Waals surface area contributed by atoms with Gasteiger partial charge in [-0.25, -0.2) is 8.42 Å². The first-order chi connectivity index (χ1) is 20.2. The molecule has 3 N–H and O–H groups in total. The van der Waals surface area contributed by atoms with Crippen LogP contribution in [0.4, 0.5) is 28.4 Å². The average Bonchev–Trinajstić information content (AvgIpc) is 3.00. The number of nitrogens with zero attached hydrogens (tertiary/aromatic N) is 4. The minimum Gasteiger partial charge on any atom is -0.506 e. The Kier molecular flexibility index (Phi) is 7.77. The van der Waals surface area contributed by atoms with Crippen molar-refractivity contribution in [3.63, 3.8) is 0 Å². The minimum atomic E-state index is -3.64. The van der Waals surface area contributed by atoms with Crippen molar-refractivity contribution in [1.29, 1.82) is 0 Å². The molecule has 5 rings (SSSR count). The Labute approximate surface area is 243 Å². The molecule has 0 bridgehead atoms. The van der Waals surface area contributed by atoms with Crippen molar-refractivity contribution in [1.82, 2.24) is 0 Å². The SMILES string of the molecule is CCS(=O)(=O)c1cc(O)c(N=Nc2ccc3c(N=Nc4ccc5ccccc5c4C)c(NC)ccc3c2O)cc1OC. The van der Waals surface area contributed by atoms with Crippen LogP contribution in [0.3, 0.4) is 0 Å². The highest BCUT2D eigenvalue weighted by Crippen LogP contribution is 2.44. The first-order valence-electron chi connectivity index (χ1n) is 13.1. The van der Waals surface area contributed by atoms with Gasteiger partial charge in [0.2, 0.25) is 0 Å². The number of ether oxygens (including phenoxy) is 1. The molecule has 0 aliphatic carbocycles. The van der Waals surface area contributed by atoms with Crippen LogP contribution in [0.5, 0.6) is 17.2 Å². The van der Waals surface area contributed by atoms with Crippen molar-refractivity contribution in [3.05, 3.63) is 78.4 Å². The normalized spacial score (nSPS) is 12.1. The van der Waals surface area contributed by atoms with Gasteiger partial charge in [0, 0.05) is 30.0 Å². The summed E-state index contributed by atoms with van der Waals surface area (Å²) in [5.41, 5.74) is 3.11. The summed E-state index contributed by atoms with van der Waals surface area (Å²) in [4.78, 5) is -0.140. The molecule has 0 aliphatic heterocycles. The molecule has 0 fully saturated rings. The highest BCUT2D eigenvalue weighted by atomic mass is 32.2. The van der Waals surface area contributed by atoms with Crippen molar-refractivity contribution < 1.29 is 23.4 Å². The fourth-order valence-corrected chi connectivity index (χ4v) is 5.72. The van der Waals surface area contributed by atoms with Gasteiger partial charge in [0.15, 0.2) is 15.6 Å². The van der Waals surface area contributed by atoms with Gasteiger partial charge in [-0.05, 0) is 53.6 Å². The fourth-order valence-electron chi connectivity index (χ4n) is 4.66. The Morgan fingerprint density at radius 3 is 2.24 bits per heavy atom. The van der Waals surface area contributed by atoms with Crippen LogP contribution < -0.4 is 10.1 Å². The van der Waals surface area contributed by atoms with E-state index in [-0.39, 0.29) is 33.5 Å². The van der Waals surface area contributed by atoms with Crippen LogP contribution in [-0.4, -0.2) is 38.5 Å². The summed E-state index contributed by atoms with van der Waals surface area (Å²) in [5, 5.41) is 45.3. The smallest absolute Gasteiger partial charge is 0.181 e. The second-order valence-electron chi connectivity index (χ2n) is 9.47. The highest BCUT2D eigenvalue weighted by Gasteiger charge is 2.21. The lowest BCUT2D eigenvalue weighted by molar-refractivity contribution is 0.399. The summed E-state index contributed by atoms with van der Waals surface area (Å²) < 4.78 is 29.9. The molecule has 0 atom stereocenters. The quantitative estimate of drug-likeness (QED) is 0.156. The number of methoxy groups -OCH3 is 1. The molecule has 11 heteroatoms. The predicted molar refractivity (Wildman–Crippen MR) is 165 cm³/mol. The highest BCUT2D eigenvalue weighted by molar-refractivity contribution is 7.91. The van der Waals surface area contributed by atoms with Crippen LogP contribution in [0.15, 0.2) is 98.1 Å². The Bertz CT molecular complexity index is 2010. The van der Waals surface area contributed by atoms with Crippen molar-refractivity contribution in [2.75, 3.05) is 25.2 Å². The Balaban J connectivity index is 1.54. The van der Waals surface area contributed by atoms with Crippen molar-refractivity contribution in [2.24, 2.45) is 20.5 Å². The summed E-state index contributed by atoms with van der Waals surface area (Å²) in [5.74, 6) is -0.665. The molecular formula is C31H29N5O5S. The third-order valence-corrected chi connectivity index (χ3v) is 8.81. The average molecular weight is 584 g/mol. The zero-order valence-electron chi connectivity index (χ0n) is 23.5. The fraction of sp³-hybridized carbons (Fsp3) is 0.161. The molecule has 0 saturated carbocycles. The summed E-state index contributed by atoms with van der Waals surface area (Å²) in [6.45, 7) is 3.50. The zero-order chi connectivity index (χ0) is 30.0. The maximum absolute atomic E-state index is 12.4. The lowest BCUT2D eigenvalue weighted by Gasteiger charge is -2.11. The van der Waals surface area contributed by atoms with Crippen molar-refractivity contribution >= 4 is 59.8 Å². The van der Waals surface area contributed by atoms with Gasteiger partial charge in [-0.3, -0.25) is 0 Å². The van der Waals surface area contributed by atoms with Gasteiger partial charge < -0.3 is 20.3 Å². The lowest BCUT2D eigenvalue weighted by Crippen LogP contribution is -2.05. The Morgan fingerprint density at radius 2 is 1.50 bits per heavy atom. The monoisotopic (exact) mass is 583 g/mol. The Morgan fingerprint density at radius 1 is 0.810 bits per heavy atom. The number of nitrogens with one attached hydrogen (secondary N) is 1. The molecule has 0 spiro atoms. The number of anilines is 1. The molecule has 0 amide bonds. The largest absolute Gasteiger partial charge is 0.506 e. The summed E-state index contributed by atoms with van der Waals surface area (Å²) in [6.07, 6.45) is 0. The standard InChI is InChI=1S/C31H29N5O5S/c1-5-42(39,40)29-17-27(37)26(16-28(29)41-4)35-34-25-15-11-21-22(31(25)38)12-14-24(32-3)30(21)36-33-23-13-10-19-8-6-7-9-20(19)18(23)2/h6-17,32,37-38H,5H2,1-4H3.